The highest BCUT2D eigenvalue weighted by atomic mass is 16.7. The van der Waals surface area contributed by atoms with Gasteiger partial charge in [-0.2, -0.15) is 0 Å². The molecule has 0 unspecified atom stereocenters. The maximum atomic E-state index is 13.2. The molecule has 1 amide bonds. The molecule has 1 aliphatic carbocycles. The van der Waals surface area contributed by atoms with Gasteiger partial charge in [0.25, 0.3) is 0 Å². The first-order valence-electron chi connectivity index (χ1n) is 12.5. The number of nitrogens with zero attached hydrogens (tertiary/aromatic N) is 1. The topological polar surface area (TPSA) is 125 Å². The van der Waals surface area contributed by atoms with Gasteiger partial charge in [0.2, 0.25) is 12.5 Å². The van der Waals surface area contributed by atoms with Crippen molar-refractivity contribution in [3.63, 3.8) is 0 Å². The van der Waals surface area contributed by atoms with Gasteiger partial charge in [0.15, 0.2) is 23.0 Å². The van der Waals surface area contributed by atoms with Crippen molar-refractivity contribution in [1.82, 2.24) is 10.2 Å². The number of carbonyl (C=O) groups excluding carboxylic acids is 2. The van der Waals surface area contributed by atoms with Gasteiger partial charge in [-0.25, -0.2) is 4.79 Å². The Morgan fingerprint density at radius 1 is 1.05 bits per heavy atom. The number of hydrogen-bond donors (Lipinski definition) is 2. The predicted octanol–water partition coefficient (Wildman–Crippen LogP) is 2.79. The normalized spacial score (nSPS) is 22.9. The van der Waals surface area contributed by atoms with E-state index in [1.807, 2.05) is 31.1 Å². The lowest BCUT2D eigenvalue weighted by Crippen LogP contribution is -2.38. The number of carbonyl (C=O) groups is 2. The van der Waals surface area contributed by atoms with Crippen LogP contribution in [0.4, 0.5) is 4.79 Å². The fourth-order valence-electron chi connectivity index (χ4n) is 5.50. The van der Waals surface area contributed by atoms with Crippen LogP contribution in [0.2, 0.25) is 0 Å². The molecule has 38 heavy (non-hydrogen) atoms. The minimum Gasteiger partial charge on any atom is -0.502 e. The number of phenolic OH excluding ortho intramolecular Hbond substituents is 1. The number of nitrogens with one attached hydrogen (secondary N) is 1. The Kier molecular flexibility index (Phi) is 7.11. The zero-order chi connectivity index (χ0) is 27.0. The van der Waals surface area contributed by atoms with Crippen LogP contribution in [0.1, 0.15) is 35.1 Å². The van der Waals surface area contributed by atoms with Gasteiger partial charge in [0.1, 0.15) is 6.10 Å². The lowest BCUT2D eigenvalue weighted by atomic mass is 9.66. The monoisotopic (exact) mass is 528 g/mol. The van der Waals surface area contributed by atoms with Gasteiger partial charge in [0, 0.05) is 23.9 Å². The molecule has 2 N–H and O–H groups in total. The predicted molar refractivity (Wildman–Crippen MR) is 134 cm³/mol. The lowest BCUT2D eigenvalue weighted by molar-refractivity contribution is -0.141. The Morgan fingerprint density at radius 3 is 2.34 bits per heavy atom. The van der Waals surface area contributed by atoms with Gasteiger partial charge in [0.05, 0.1) is 26.7 Å². The third-order valence-corrected chi connectivity index (χ3v) is 7.27. The molecule has 3 aliphatic rings. The molecule has 4 atom stereocenters. The number of ether oxygens (including phenoxy) is 6. The largest absolute Gasteiger partial charge is 0.502 e. The molecule has 2 aromatic rings. The summed E-state index contributed by atoms with van der Waals surface area (Å²) in [5.74, 6) is -0.666. The fourth-order valence-corrected chi connectivity index (χ4v) is 5.50. The third kappa shape index (κ3) is 4.62. The number of fused-ring (bicyclic) bond motifs is 3. The van der Waals surface area contributed by atoms with E-state index in [0.29, 0.717) is 29.2 Å². The molecule has 0 aromatic heterocycles. The molecule has 0 saturated carbocycles. The number of cyclic esters (lactones) is 1. The van der Waals surface area contributed by atoms with E-state index in [-0.39, 0.29) is 30.6 Å². The fraction of sp³-hybridized carbons (Fsp3) is 0.481. The summed E-state index contributed by atoms with van der Waals surface area (Å²) < 4.78 is 33.5. The van der Waals surface area contributed by atoms with E-state index in [0.717, 1.165) is 18.5 Å². The molecule has 204 valence electrons. The highest BCUT2D eigenvalue weighted by Crippen LogP contribution is 2.56. The number of esters is 1. The number of alkyl carbamates (subject to hydrolysis) is 1. The summed E-state index contributed by atoms with van der Waals surface area (Å²) in [4.78, 5) is 28.0. The maximum Gasteiger partial charge on any atom is 0.407 e. The average Bonchev–Trinajstić information content (AvgIpc) is 3.52. The van der Waals surface area contributed by atoms with Crippen LogP contribution in [0.25, 0.3) is 0 Å². The molecule has 1 saturated heterocycles. The Labute approximate surface area is 220 Å². The number of methoxy groups -OCH3 is 2. The number of phenols is 1. The Hall–Kier alpha value is -3.86. The quantitative estimate of drug-likeness (QED) is 0.390. The van der Waals surface area contributed by atoms with Gasteiger partial charge >= 0.3 is 12.1 Å². The minimum atomic E-state index is -0.748. The summed E-state index contributed by atoms with van der Waals surface area (Å²) in [6.45, 7) is 1.44. The second kappa shape index (κ2) is 10.5. The van der Waals surface area contributed by atoms with Crippen LogP contribution in [0.15, 0.2) is 24.3 Å². The van der Waals surface area contributed by atoms with E-state index in [1.54, 1.807) is 12.1 Å². The van der Waals surface area contributed by atoms with E-state index in [2.05, 4.69) is 5.32 Å². The number of rotatable bonds is 8. The van der Waals surface area contributed by atoms with Crippen LogP contribution >= 0.6 is 0 Å². The zero-order valence-electron chi connectivity index (χ0n) is 21.8. The molecule has 2 aliphatic heterocycles. The van der Waals surface area contributed by atoms with Crippen molar-refractivity contribution in [1.29, 1.82) is 0 Å². The summed E-state index contributed by atoms with van der Waals surface area (Å²) in [6, 6.07) is 6.99. The molecular formula is C27H32N2O9. The van der Waals surface area contributed by atoms with E-state index in [4.69, 9.17) is 28.4 Å². The van der Waals surface area contributed by atoms with Gasteiger partial charge in [-0.1, -0.05) is 0 Å². The Balaban J connectivity index is 1.56. The minimum absolute atomic E-state index is 0.0660. The molecule has 11 heteroatoms. The number of amides is 1. The van der Waals surface area contributed by atoms with Gasteiger partial charge in [-0.3, -0.25) is 4.79 Å². The van der Waals surface area contributed by atoms with Gasteiger partial charge in [-0.15, -0.1) is 0 Å². The summed E-state index contributed by atoms with van der Waals surface area (Å²) in [5.41, 5.74) is 2.11. The summed E-state index contributed by atoms with van der Waals surface area (Å²) in [7, 11) is 6.82. The lowest BCUT2D eigenvalue weighted by Gasteiger charge is -2.38. The first kappa shape index (κ1) is 25.8. The van der Waals surface area contributed by atoms with Crippen LogP contribution in [0.5, 0.6) is 28.7 Å². The Morgan fingerprint density at radius 2 is 1.71 bits per heavy atom. The summed E-state index contributed by atoms with van der Waals surface area (Å²) in [6.07, 6.45) is -0.550. The molecule has 0 radical (unpaired) electrons. The molecule has 2 heterocycles. The second-order valence-corrected chi connectivity index (χ2v) is 9.82. The SMILES string of the molecule is COc1cc([C@@H]2c3cc4c(cc3[C@@H](OC(=O)NCCCN(C)C)[C@H]3COC(=O)[C@H]23)OCO4)cc(OC)c1O. The molecular weight excluding hydrogens is 496 g/mol. The first-order chi connectivity index (χ1) is 18.3. The summed E-state index contributed by atoms with van der Waals surface area (Å²) >= 11 is 0. The standard InChI is InChI=1S/C27H32N2O9/c1-29(2)7-5-6-28-27(32)38-25-16-11-19-18(36-13-37-19)10-15(16)22(23-17(25)12-35-26(23)31)14-8-20(33-3)24(30)21(9-14)34-4/h8-11,17,22-23,25,30H,5-7,12-13H2,1-4H3,(H,28,32)/t17-,22+,23-,25+/m0/s1. The number of hydrogen-bond acceptors (Lipinski definition) is 10. The molecule has 1 fully saturated rings. The maximum absolute atomic E-state index is 13.2. The number of benzene rings is 2. The van der Waals surface area contributed by atoms with Crippen LogP contribution in [-0.2, 0) is 14.3 Å². The highest BCUT2D eigenvalue weighted by molar-refractivity contribution is 5.79. The van der Waals surface area contributed by atoms with Crippen LogP contribution in [0, 0.1) is 11.8 Å². The third-order valence-electron chi connectivity index (χ3n) is 7.27. The van der Waals surface area contributed by atoms with Crippen molar-refractivity contribution in [2.24, 2.45) is 11.8 Å². The zero-order valence-corrected chi connectivity index (χ0v) is 21.8. The van der Waals surface area contributed by atoms with E-state index in [9.17, 15) is 14.7 Å². The smallest absolute Gasteiger partial charge is 0.407 e. The van der Waals surface area contributed by atoms with E-state index >= 15 is 0 Å². The first-order valence-corrected chi connectivity index (χ1v) is 12.5. The van der Waals surface area contributed by atoms with E-state index in [1.165, 1.54) is 14.2 Å². The van der Waals surface area contributed by atoms with Crippen LogP contribution < -0.4 is 24.3 Å². The van der Waals surface area contributed by atoms with Crippen molar-refractivity contribution in [3.05, 3.63) is 41.0 Å². The van der Waals surface area contributed by atoms with Crippen LogP contribution in [-0.4, -0.2) is 76.9 Å². The Bertz CT molecular complexity index is 1210. The van der Waals surface area contributed by atoms with Crippen molar-refractivity contribution < 1.29 is 43.1 Å². The van der Waals surface area contributed by atoms with Crippen molar-refractivity contribution in [2.75, 3.05) is 54.8 Å². The number of aromatic hydroxyl groups is 1. The average molecular weight is 529 g/mol. The van der Waals surface area contributed by atoms with Crippen molar-refractivity contribution in [2.45, 2.75) is 18.4 Å². The molecule has 0 spiro atoms. The van der Waals surface area contributed by atoms with Gasteiger partial charge < -0.3 is 43.7 Å². The van der Waals surface area contributed by atoms with Crippen molar-refractivity contribution >= 4 is 12.1 Å². The molecule has 0 bridgehead atoms. The summed E-state index contributed by atoms with van der Waals surface area (Å²) in [5, 5.41) is 13.3. The highest BCUT2D eigenvalue weighted by Gasteiger charge is 2.54. The van der Waals surface area contributed by atoms with Gasteiger partial charge in [-0.05, 0) is 62.5 Å². The van der Waals surface area contributed by atoms with Crippen molar-refractivity contribution in [3.8, 4) is 28.7 Å². The van der Waals surface area contributed by atoms with Crippen LogP contribution in [0.3, 0.4) is 0 Å². The molecule has 2 aromatic carbocycles. The van der Waals surface area contributed by atoms with E-state index < -0.39 is 35.9 Å². The molecule has 5 rings (SSSR count). The second-order valence-electron chi connectivity index (χ2n) is 9.82. The molecule has 11 nitrogen and oxygen atoms in total.